The van der Waals surface area contributed by atoms with Crippen LogP contribution in [-0.2, 0) is 19.6 Å². The molecule has 0 atom stereocenters. The third-order valence-electron chi connectivity index (χ3n) is 4.68. The van der Waals surface area contributed by atoms with Crippen LogP contribution in [-0.4, -0.2) is 68.9 Å². The van der Waals surface area contributed by atoms with E-state index in [9.17, 15) is 26.8 Å². The zero-order valence-corrected chi connectivity index (χ0v) is 18.2. The van der Waals surface area contributed by atoms with E-state index in [0.717, 1.165) is 0 Å². The van der Waals surface area contributed by atoms with Gasteiger partial charge in [0, 0.05) is 31.2 Å². The number of benzene rings is 2. The van der Waals surface area contributed by atoms with Gasteiger partial charge in [0.1, 0.15) is 5.75 Å². The number of amides is 1. The van der Waals surface area contributed by atoms with E-state index in [0.29, 0.717) is 5.02 Å². The number of sulfonamides is 1. The highest BCUT2D eigenvalue weighted by atomic mass is 35.5. The number of hydrogen-bond donors (Lipinski definition) is 0. The summed E-state index contributed by atoms with van der Waals surface area (Å²) in [5, 5.41) is 0.423. The molecule has 1 fully saturated rings. The van der Waals surface area contributed by atoms with E-state index in [2.05, 4.69) is 4.74 Å². The number of ether oxygens (including phenoxy) is 2. The Kier molecular flexibility index (Phi) is 7.64. The minimum absolute atomic E-state index is 0.0679. The fourth-order valence-corrected chi connectivity index (χ4v) is 4.56. The first-order valence-electron chi connectivity index (χ1n) is 9.42. The van der Waals surface area contributed by atoms with E-state index in [1.54, 1.807) is 0 Å². The van der Waals surface area contributed by atoms with Crippen LogP contribution in [0.3, 0.4) is 0 Å². The monoisotopic (exact) mass is 488 g/mol. The lowest BCUT2D eigenvalue weighted by molar-refractivity contribution is -0.135. The predicted octanol–water partition coefficient (Wildman–Crippen LogP) is 2.63. The quantitative estimate of drug-likeness (QED) is 0.556. The Labute approximate surface area is 188 Å². The molecule has 1 aliphatic heterocycles. The van der Waals surface area contributed by atoms with Crippen molar-refractivity contribution in [1.82, 2.24) is 9.21 Å². The van der Waals surface area contributed by atoms with E-state index in [-0.39, 0.29) is 42.4 Å². The molecule has 0 saturated carbocycles. The van der Waals surface area contributed by atoms with Crippen molar-refractivity contribution >= 4 is 33.5 Å². The summed E-state index contributed by atoms with van der Waals surface area (Å²) in [7, 11) is -3.71. The third kappa shape index (κ3) is 5.93. The van der Waals surface area contributed by atoms with Crippen molar-refractivity contribution in [2.24, 2.45) is 0 Å². The van der Waals surface area contributed by atoms with Gasteiger partial charge in [0.15, 0.2) is 6.61 Å². The zero-order chi connectivity index (χ0) is 23.3. The third-order valence-corrected chi connectivity index (χ3v) is 6.85. The van der Waals surface area contributed by atoms with Gasteiger partial charge in [-0.15, -0.1) is 0 Å². The van der Waals surface area contributed by atoms with Crippen LogP contribution in [0, 0.1) is 0 Å². The molecule has 0 N–H and O–H groups in total. The van der Waals surface area contributed by atoms with Gasteiger partial charge < -0.3 is 14.4 Å². The van der Waals surface area contributed by atoms with Gasteiger partial charge in [-0.05, 0) is 48.5 Å². The van der Waals surface area contributed by atoms with E-state index in [4.69, 9.17) is 16.3 Å². The molecular weight excluding hydrogens is 470 g/mol. The van der Waals surface area contributed by atoms with Crippen LogP contribution in [0.2, 0.25) is 5.02 Å². The normalized spacial score (nSPS) is 14.9. The van der Waals surface area contributed by atoms with Crippen molar-refractivity contribution in [2.45, 2.75) is 11.5 Å². The van der Waals surface area contributed by atoms with Gasteiger partial charge in [-0.2, -0.15) is 13.1 Å². The molecule has 1 aliphatic rings. The number of halogens is 3. The maximum atomic E-state index is 12.7. The lowest BCUT2D eigenvalue weighted by atomic mass is 10.2. The molecule has 1 saturated heterocycles. The van der Waals surface area contributed by atoms with Crippen molar-refractivity contribution in [2.75, 3.05) is 32.8 Å². The highest BCUT2D eigenvalue weighted by Crippen LogP contribution is 2.20. The summed E-state index contributed by atoms with van der Waals surface area (Å²) in [6.45, 7) is -3.04. The number of nitrogens with zero attached hydrogens (tertiary/aromatic N) is 2. The molecular formula is C20H19ClF2N2O6S. The average Bonchev–Trinajstić information content (AvgIpc) is 2.77. The molecule has 0 aromatic heterocycles. The molecule has 0 bridgehead atoms. The summed E-state index contributed by atoms with van der Waals surface area (Å²) in [6.07, 6.45) is 0. The van der Waals surface area contributed by atoms with Gasteiger partial charge in [-0.25, -0.2) is 13.2 Å². The summed E-state index contributed by atoms with van der Waals surface area (Å²) in [6, 6.07) is 10.7. The Morgan fingerprint density at radius 2 is 1.56 bits per heavy atom. The van der Waals surface area contributed by atoms with Gasteiger partial charge in [0.2, 0.25) is 10.0 Å². The first-order valence-corrected chi connectivity index (χ1v) is 11.2. The molecule has 1 amide bonds. The van der Waals surface area contributed by atoms with Gasteiger partial charge >= 0.3 is 12.6 Å². The number of hydrogen-bond acceptors (Lipinski definition) is 6. The van der Waals surface area contributed by atoms with Crippen molar-refractivity contribution in [3.05, 3.63) is 59.1 Å². The smallest absolute Gasteiger partial charge is 0.387 e. The van der Waals surface area contributed by atoms with Crippen molar-refractivity contribution in [3.63, 3.8) is 0 Å². The zero-order valence-electron chi connectivity index (χ0n) is 16.6. The number of rotatable bonds is 7. The Morgan fingerprint density at radius 3 is 2.12 bits per heavy atom. The number of piperazine rings is 1. The Bertz CT molecular complexity index is 1060. The molecule has 0 radical (unpaired) electrons. The van der Waals surface area contributed by atoms with Crippen molar-refractivity contribution in [1.29, 1.82) is 0 Å². The minimum Gasteiger partial charge on any atom is -0.452 e. The van der Waals surface area contributed by atoms with Crippen LogP contribution in [0.15, 0.2) is 53.4 Å². The summed E-state index contributed by atoms with van der Waals surface area (Å²) in [5.41, 5.74) is 0.0679. The molecule has 8 nitrogen and oxygen atoms in total. The molecule has 0 spiro atoms. The highest BCUT2D eigenvalue weighted by Gasteiger charge is 2.30. The van der Waals surface area contributed by atoms with Crippen LogP contribution >= 0.6 is 11.6 Å². The van der Waals surface area contributed by atoms with Gasteiger partial charge in [0.25, 0.3) is 5.91 Å². The molecule has 3 rings (SSSR count). The first-order chi connectivity index (χ1) is 15.2. The summed E-state index contributed by atoms with van der Waals surface area (Å²) < 4.78 is 60.1. The average molecular weight is 489 g/mol. The van der Waals surface area contributed by atoms with Crippen molar-refractivity contribution in [3.8, 4) is 5.75 Å². The molecule has 32 heavy (non-hydrogen) atoms. The van der Waals surface area contributed by atoms with E-state index < -0.39 is 35.1 Å². The number of carbonyl (C=O) groups excluding carboxylic acids is 2. The van der Waals surface area contributed by atoms with Gasteiger partial charge in [-0.3, -0.25) is 4.79 Å². The lowest BCUT2D eigenvalue weighted by Crippen LogP contribution is -2.51. The second kappa shape index (κ2) is 10.2. The summed E-state index contributed by atoms with van der Waals surface area (Å²) in [5.74, 6) is -1.38. The minimum atomic E-state index is -3.71. The number of esters is 1. The van der Waals surface area contributed by atoms with E-state index in [1.165, 1.54) is 57.7 Å². The highest BCUT2D eigenvalue weighted by molar-refractivity contribution is 7.89. The Balaban J connectivity index is 1.49. The Morgan fingerprint density at radius 1 is 0.969 bits per heavy atom. The van der Waals surface area contributed by atoms with E-state index >= 15 is 0 Å². The molecule has 2 aromatic rings. The van der Waals surface area contributed by atoms with Gasteiger partial charge in [-0.1, -0.05) is 11.6 Å². The van der Waals surface area contributed by atoms with E-state index in [1.807, 2.05) is 0 Å². The Hall–Kier alpha value is -2.76. The molecule has 12 heteroatoms. The summed E-state index contributed by atoms with van der Waals surface area (Å²) in [4.78, 5) is 25.9. The number of alkyl halides is 2. The molecule has 2 aromatic carbocycles. The van der Waals surface area contributed by atoms with Gasteiger partial charge in [0.05, 0.1) is 10.5 Å². The summed E-state index contributed by atoms with van der Waals surface area (Å²) >= 11 is 5.80. The molecule has 0 unspecified atom stereocenters. The molecule has 0 aliphatic carbocycles. The lowest BCUT2D eigenvalue weighted by Gasteiger charge is -2.33. The SMILES string of the molecule is O=C(OCC(=O)N1CCN(S(=O)(=O)c2ccc(Cl)cc2)CC1)c1ccc(OC(F)F)cc1. The topological polar surface area (TPSA) is 93.2 Å². The largest absolute Gasteiger partial charge is 0.452 e. The fraction of sp³-hybridized carbons (Fsp3) is 0.300. The second-order valence-corrected chi connectivity index (χ2v) is 9.09. The van der Waals surface area contributed by atoms with Crippen LogP contribution in [0.1, 0.15) is 10.4 Å². The standard InChI is InChI=1S/C20H19ClF2N2O6S/c21-15-3-7-17(8-4-15)32(28,29)25-11-9-24(10-12-25)18(26)13-30-19(27)14-1-5-16(6-2-14)31-20(22)23/h1-8,20H,9-13H2. The van der Waals surface area contributed by atoms with Crippen LogP contribution in [0.5, 0.6) is 5.75 Å². The molecule has 1 heterocycles. The fourth-order valence-electron chi connectivity index (χ4n) is 3.01. The van der Waals surface area contributed by atoms with Crippen molar-refractivity contribution < 1.29 is 36.3 Å². The van der Waals surface area contributed by atoms with Crippen LogP contribution < -0.4 is 4.74 Å². The number of carbonyl (C=O) groups is 2. The first kappa shape index (κ1) is 23.9. The maximum Gasteiger partial charge on any atom is 0.387 e. The van der Waals surface area contributed by atoms with Crippen LogP contribution in [0.4, 0.5) is 8.78 Å². The molecule has 172 valence electrons. The predicted molar refractivity (Wildman–Crippen MR) is 110 cm³/mol. The second-order valence-electron chi connectivity index (χ2n) is 6.72. The van der Waals surface area contributed by atoms with Crippen LogP contribution in [0.25, 0.3) is 0 Å². The maximum absolute atomic E-state index is 12.7.